The predicted octanol–water partition coefficient (Wildman–Crippen LogP) is 5.23. The summed E-state index contributed by atoms with van der Waals surface area (Å²) < 4.78 is 13.2. The van der Waals surface area contributed by atoms with Crippen LogP contribution in [-0.2, 0) is 0 Å². The molecule has 0 aliphatic heterocycles. The largest absolute Gasteiger partial charge is 0.339 e. The predicted molar refractivity (Wildman–Crippen MR) is 101 cm³/mol. The van der Waals surface area contributed by atoms with Gasteiger partial charge in [-0.25, -0.2) is 14.4 Å². The number of anilines is 3. The Balaban J connectivity index is 1.70. The van der Waals surface area contributed by atoms with Gasteiger partial charge in [0, 0.05) is 16.4 Å². The van der Waals surface area contributed by atoms with Crippen LogP contribution >= 0.6 is 23.2 Å². The molecule has 0 saturated heterocycles. The fraction of sp³-hybridized carbons (Fsp3) is 0.0556. The lowest BCUT2D eigenvalue weighted by Gasteiger charge is -2.09. The van der Waals surface area contributed by atoms with Crippen LogP contribution in [0.3, 0.4) is 0 Å². The van der Waals surface area contributed by atoms with Crippen molar-refractivity contribution in [3.8, 4) is 0 Å². The topological polar surface area (TPSA) is 66.9 Å². The molecule has 1 amide bonds. The van der Waals surface area contributed by atoms with Crippen molar-refractivity contribution in [2.24, 2.45) is 0 Å². The monoisotopic (exact) mass is 390 g/mol. The number of carbonyl (C=O) groups excluding carboxylic acids is 1. The van der Waals surface area contributed by atoms with Crippen molar-refractivity contribution in [3.63, 3.8) is 0 Å². The zero-order chi connectivity index (χ0) is 18.7. The molecule has 0 aliphatic carbocycles. The molecule has 0 saturated carbocycles. The van der Waals surface area contributed by atoms with E-state index in [0.29, 0.717) is 22.2 Å². The molecule has 132 valence electrons. The summed E-state index contributed by atoms with van der Waals surface area (Å²) in [5, 5.41) is 6.28. The van der Waals surface area contributed by atoms with E-state index in [1.54, 1.807) is 18.2 Å². The minimum Gasteiger partial charge on any atom is -0.339 e. The standard InChI is InChI=1S/C18H13Cl2FN4O/c1-10-6-11(19)2-5-15(10)25-18(26)16-8-23-17(9-22-16)24-12-3-4-14(21)13(20)7-12/h2-9H,1H3,(H,23,24)(H,25,26). The normalized spacial score (nSPS) is 10.5. The van der Waals surface area contributed by atoms with E-state index in [9.17, 15) is 9.18 Å². The lowest BCUT2D eigenvalue weighted by Crippen LogP contribution is -2.15. The van der Waals surface area contributed by atoms with E-state index >= 15 is 0 Å². The van der Waals surface area contributed by atoms with Crippen molar-refractivity contribution in [3.05, 3.63) is 75.9 Å². The van der Waals surface area contributed by atoms with Crippen LogP contribution in [0.5, 0.6) is 0 Å². The highest BCUT2D eigenvalue weighted by molar-refractivity contribution is 6.31. The highest BCUT2D eigenvalue weighted by Crippen LogP contribution is 2.22. The Labute approximate surface area is 159 Å². The van der Waals surface area contributed by atoms with Gasteiger partial charge < -0.3 is 10.6 Å². The molecule has 0 aliphatic rings. The lowest BCUT2D eigenvalue weighted by molar-refractivity contribution is 0.102. The second-order valence-electron chi connectivity index (χ2n) is 5.45. The quantitative estimate of drug-likeness (QED) is 0.640. The van der Waals surface area contributed by atoms with Crippen LogP contribution in [0.2, 0.25) is 10.0 Å². The van der Waals surface area contributed by atoms with E-state index < -0.39 is 5.82 Å². The molecule has 2 N–H and O–H groups in total. The van der Waals surface area contributed by atoms with Crippen LogP contribution in [0, 0.1) is 12.7 Å². The first-order valence-corrected chi connectivity index (χ1v) is 8.29. The molecule has 0 fully saturated rings. The Morgan fingerprint density at radius 3 is 2.54 bits per heavy atom. The number of amides is 1. The maximum Gasteiger partial charge on any atom is 0.275 e. The zero-order valence-electron chi connectivity index (χ0n) is 13.6. The molecule has 0 radical (unpaired) electrons. The third-order valence-corrected chi connectivity index (χ3v) is 4.04. The van der Waals surface area contributed by atoms with Crippen molar-refractivity contribution < 1.29 is 9.18 Å². The van der Waals surface area contributed by atoms with E-state index in [1.807, 2.05) is 6.92 Å². The van der Waals surface area contributed by atoms with Crippen LogP contribution in [0.25, 0.3) is 0 Å². The lowest BCUT2D eigenvalue weighted by atomic mass is 10.2. The smallest absolute Gasteiger partial charge is 0.275 e. The summed E-state index contributed by atoms with van der Waals surface area (Å²) in [6, 6.07) is 9.36. The Hall–Kier alpha value is -2.70. The second kappa shape index (κ2) is 7.68. The van der Waals surface area contributed by atoms with Gasteiger partial charge in [-0.3, -0.25) is 4.79 Å². The fourth-order valence-electron chi connectivity index (χ4n) is 2.19. The molecular weight excluding hydrogens is 378 g/mol. The summed E-state index contributed by atoms with van der Waals surface area (Å²) in [5.74, 6) is -0.501. The highest BCUT2D eigenvalue weighted by atomic mass is 35.5. The molecule has 3 rings (SSSR count). The molecule has 3 aromatic rings. The van der Waals surface area contributed by atoms with Gasteiger partial charge in [0.05, 0.1) is 17.4 Å². The molecule has 1 heterocycles. The number of halogens is 3. The maximum absolute atomic E-state index is 13.2. The highest BCUT2D eigenvalue weighted by Gasteiger charge is 2.10. The summed E-state index contributed by atoms with van der Waals surface area (Å²) in [4.78, 5) is 20.5. The fourth-order valence-corrected chi connectivity index (χ4v) is 2.59. The molecule has 1 aromatic heterocycles. The first-order chi connectivity index (χ1) is 12.4. The Morgan fingerprint density at radius 1 is 1.08 bits per heavy atom. The number of carbonyl (C=O) groups is 1. The van der Waals surface area contributed by atoms with Crippen LogP contribution in [0.4, 0.5) is 21.6 Å². The SMILES string of the molecule is Cc1cc(Cl)ccc1NC(=O)c1cnc(Nc2ccc(F)c(Cl)c2)cn1. The van der Waals surface area contributed by atoms with Gasteiger partial charge in [0.1, 0.15) is 17.3 Å². The van der Waals surface area contributed by atoms with Crippen molar-refractivity contribution >= 4 is 46.3 Å². The molecule has 0 atom stereocenters. The van der Waals surface area contributed by atoms with Crippen molar-refractivity contribution in [1.82, 2.24) is 9.97 Å². The van der Waals surface area contributed by atoms with Gasteiger partial charge in [-0.2, -0.15) is 0 Å². The average molecular weight is 391 g/mol. The zero-order valence-corrected chi connectivity index (χ0v) is 15.1. The molecule has 26 heavy (non-hydrogen) atoms. The number of aryl methyl sites for hydroxylation is 1. The van der Waals surface area contributed by atoms with E-state index in [1.165, 1.54) is 30.6 Å². The van der Waals surface area contributed by atoms with Crippen molar-refractivity contribution in [2.75, 3.05) is 10.6 Å². The van der Waals surface area contributed by atoms with Crippen LogP contribution in [0.15, 0.2) is 48.8 Å². The Bertz CT molecular complexity index is 964. The summed E-state index contributed by atoms with van der Waals surface area (Å²) in [5.41, 5.74) is 2.19. The molecule has 0 spiro atoms. The Kier molecular flexibility index (Phi) is 5.35. The van der Waals surface area contributed by atoms with E-state index in [-0.39, 0.29) is 16.6 Å². The van der Waals surface area contributed by atoms with Crippen LogP contribution in [-0.4, -0.2) is 15.9 Å². The number of aromatic nitrogens is 2. The van der Waals surface area contributed by atoms with Gasteiger partial charge in [0.2, 0.25) is 0 Å². The average Bonchev–Trinajstić information content (AvgIpc) is 2.61. The maximum atomic E-state index is 13.2. The molecule has 0 bridgehead atoms. The van der Waals surface area contributed by atoms with E-state index in [2.05, 4.69) is 20.6 Å². The summed E-state index contributed by atoms with van der Waals surface area (Å²) in [6.07, 6.45) is 2.74. The van der Waals surface area contributed by atoms with Crippen molar-refractivity contribution in [2.45, 2.75) is 6.92 Å². The number of rotatable bonds is 4. The van der Waals surface area contributed by atoms with E-state index in [0.717, 1.165) is 5.56 Å². The Morgan fingerprint density at radius 2 is 1.88 bits per heavy atom. The third-order valence-electron chi connectivity index (χ3n) is 3.51. The minimum absolute atomic E-state index is 0.00251. The number of benzene rings is 2. The minimum atomic E-state index is -0.507. The second-order valence-corrected chi connectivity index (χ2v) is 6.30. The first-order valence-electron chi connectivity index (χ1n) is 7.54. The van der Waals surface area contributed by atoms with E-state index in [4.69, 9.17) is 23.2 Å². The van der Waals surface area contributed by atoms with Gasteiger partial charge in [0.15, 0.2) is 0 Å². The van der Waals surface area contributed by atoms with Crippen LogP contribution in [0.1, 0.15) is 16.1 Å². The van der Waals surface area contributed by atoms with Gasteiger partial charge in [0.25, 0.3) is 5.91 Å². The summed E-state index contributed by atoms with van der Waals surface area (Å²) >= 11 is 11.6. The van der Waals surface area contributed by atoms with Gasteiger partial charge >= 0.3 is 0 Å². The number of nitrogens with one attached hydrogen (secondary N) is 2. The van der Waals surface area contributed by atoms with Crippen LogP contribution < -0.4 is 10.6 Å². The third kappa shape index (κ3) is 4.28. The van der Waals surface area contributed by atoms with Gasteiger partial charge in [-0.05, 0) is 48.9 Å². The summed E-state index contributed by atoms with van der Waals surface area (Å²) in [6.45, 7) is 1.84. The molecule has 2 aromatic carbocycles. The molecule has 0 unspecified atom stereocenters. The van der Waals surface area contributed by atoms with Gasteiger partial charge in [-0.1, -0.05) is 23.2 Å². The molecule has 5 nitrogen and oxygen atoms in total. The first kappa shape index (κ1) is 18.1. The van der Waals surface area contributed by atoms with Gasteiger partial charge in [-0.15, -0.1) is 0 Å². The molecular formula is C18H13Cl2FN4O. The summed E-state index contributed by atoms with van der Waals surface area (Å²) in [7, 11) is 0. The number of nitrogens with zero attached hydrogens (tertiary/aromatic N) is 2. The number of hydrogen-bond donors (Lipinski definition) is 2. The van der Waals surface area contributed by atoms with Crippen molar-refractivity contribution in [1.29, 1.82) is 0 Å². The molecule has 8 heteroatoms. The number of hydrogen-bond acceptors (Lipinski definition) is 4.